The predicted octanol–water partition coefficient (Wildman–Crippen LogP) is 2.71. The van der Waals surface area contributed by atoms with Gasteiger partial charge in [-0.3, -0.25) is 14.2 Å². The maximum Gasteiger partial charge on any atom is 0.251 e. The summed E-state index contributed by atoms with van der Waals surface area (Å²) >= 11 is 0. The van der Waals surface area contributed by atoms with Gasteiger partial charge in [0.2, 0.25) is 0 Å². The zero-order valence-electron chi connectivity index (χ0n) is 14.8. The molecule has 4 aromatic rings. The lowest BCUT2D eigenvalue weighted by Gasteiger charge is -2.09. The van der Waals surface area contributed by atoms with Gasteiger partial charge >= 0.3 is 0 Å². The molecule has 0 atom stereocenters. The molecule has 26 heavy (non-hydrogen) atoms. The lowest BCUT2D eigenvalue weighted by molar-refractivity contribution is 0.0956. The van der Waals surface area contributed by atoms with Crippen LogP contribution in [0.3, 0.4) is 0 Å². The predicted molar refractivity (Wildman–Crippen MR) is 99.0 cm³/mol. The van der Waals surface area contributed by atoms with E-state index in [1.54, 1.807) is 12.3 Å². The number of rotatable bonds is 3. The molecule has 0 spiro atoms. The molecule has 0 aliphatic carbocycles. The third-order valence-electron chi connectivity index (χ3n) is 4.26. The van der Waals surface area contributed by atoms with E-state index in [1.165, 1.54) is 0 Å². The van der Waals surface area contributed by atoms with Crippen molar-refractivity contribution in [2.45, 2.75) is 20.8 Å². The highest BCUT2D eigenvalue weighted by molar-refractivity contribution is 5.97. The summed E-state index contributed by atoms with van der Waals surface area (Å²) in [7, 11) is 0. The van der Waals surface area contributed by atoms with Gasteiger partial charge in [-0.25, -0.2) is 4.98 Å². The average molecular weight is 346 g/mol. The first-order valence-corrected chi connectivity index (χ1v) is 8.45. The Labute approximate surface area is 150 Å². The molecule has 7 heteroatoms. The number of benzene rings is 1. The number of pyridine rings is 1. The van der Waals surface area contributed by atoms with E-state index in [0.29, 0.717) is 23.6 Å². The van der Waals surface area contributed by atoms with Crippen molar-refractivity contribution in [3.8, 4) is 11.4 Å². The Morgan fingerprint density at radius 1 is 1.15 bits per heavy atom. The van der Waals surface area contributed by atoms with Gasteiger partial charge in [0.05, 0.1) is 16.7 Å². The smallest absolute Gasteiger partial charge is 0.251 e. The van der Waals surface area contributed by atoms with Crippen molar-refractivity contribution in [2.24, 2.45) is 0 Å². The van der Waals surface area contributed by atoms with Crippen molar-refractivity contribution in [3.63, 3.8) is 0 Å². The SMILES string of the molecule is CCNC(=O)c1ccc2nc(C)c3nnc(-c4ccc(C)nc4)n3c2c1. The van der Waals surface area contributed by atoms with Crippen LogP contribution in [0.25, 0.3) is 28.1 Å². The molecule has 0 saturated carbocycles. The molecule has 0 unspecified atom stereocenters. The Bertz CT molecular complexity index is 1130. The van der Waals surface area contributed by atoms with Crippen LogP contribution >= 0.6 is 0 Å². The van der Waals surface area contributed by atoms with Crippen LogP contribution in [0.4, 0.5) is 0 Å². The first-order valence-electron chi connectivity index (χ1n) is 8.45. The molecule has 0 bridgehead atoms. The highest BCUT2D eigenvalue weighted by Gasteiger charge is 2.16. The first-order chi connectivity index (χ1) is 12.6. The quantitative estimate of drug-likeness (QED) is 0.616. The molecule has 0 saturated heterocycles. The maximum absolute atomic E-state index is 12.2. The number of nitrogens with one attached hydrogen (secondary N) is 1. The van der Waals surface area contributed by atoms with Gasteiger partial charge in [0.1, 0.15) is 0 Å². The van der Waals surface area contributed by atoms with E-state index in [0.717, 1.165) is 28.0 Å². The molecule has 1 N–H and O–H groups in total. The van der Waals surface area contributed by atoms with Gasteiger partial charge < -0.3 is 5.32 Å². The molecule has 7 nitrogen and oxygen atoms in total. The maximum atomic E-state index is 12.2. The van der Waals surface area contributed by atoms with Gasteiger partial charge in [-0.15, -0.1) is 10.2 Å². The monoisotopic (exact) mass is 346 g/mol. The molecule has 4 rings (SSSR count). The number of nitrogens with zero attached hydrogens (tertiary/aromatic N) is 5. The van der Waals surface area contributed by atoms with Crippen molar-refractivity contribution in [1.82, 2.24) is 29.9 Å². The number of fused-ring (bicyclic) bond motifs is 3. The van der Waals surface area contributed by atoms with Gasteiger partial charge in [-0.05, 0) is 51.1 Å². The van der Waals surface area contributed by atoms with Crippen LogP contribution in [-0.4, -0.2) is 37.0 Å². The highest BCUT2D eigenvalue weighted by atomic mass is 16.1. The van der Waals surface area contributed by atoms with Crippen LogP contribution in [0.5, 0.6) is 0 Å². The Balaban J connectivity index is 2.02. The summed E-state index contributed by atoms with van der Waals surface area (Å²) in [5.74, 6) is 0.561. The zero-order chi connectivity index (χ0) is 18.3. The average Bonchev–Trinajstić information content (AvgIpc) is 3.08. The summed E-state index contributed by atoms with van der Waals surface area (Å²) < 4.78 is 1.94. The minimum atomic E-state index is -0.116. The van der Waals surface area contributed by atoms with Crippen molar-refractivity contribution in [2.75, 3.05) is 6.54 Å². The fourth-order valence-electron chi connectivity index (χ4n) is 2.97. The van der Waals surface area contributed by atoms with E-state index in [2.05, 4.69) is 25.5 Å². The van der Waals surface area contributed by atoms with Crippen molar-refractivity contribution in [3.05, 3.63) is 53.5 Å². The number of aromatic nitrogens is 5. The Hall–Kier alpha value is -3.35. The van der Waals surface area contributed by atoms with Crippen LogP contribution in [-0.2, 0) is 0 Å². The molecule has 0 radical (unpaired) electrons. The normalized spacial score (nSPS) is 11.2. The number of carbonyl (C=O) groups is 1. The molecule has 1 amide bonds. The number of aryl methyl sites for hydroxylation is 2. The van der Waals surface area contributed by atoms with E-state index in [-0.39, 0.29) is 5.91 Å². The van der Waals surface area contributed by atoms with Crippen molar-refractivity contribution in [1.29, 1.82) is 0 Å². The number of hydrogen-bond acceptors (Lipinski definition) is 5. The standard InChI is InChI=1S/C19H18N6O/c1-4-20-19(26)13-7-8-15-16(9-13)25-17(12(3)22-15)23-24-18(25)14-6-5-11(2)21-10-14/h5-10H,4H2,1-3H3,(H,20,26). The second kappa shape index (κ2) is 6.18. The lowest BCUT2D eigenvalue weighted by Crippen LogP contribution is -2.22. The summed E-state index contributed by atoms with van der Waals surface area (Å²) in [5, 5.41) is 11.5. The Kier molecular flexibility index (Phi) is 3.84. The molecule has 3 heterocycles. The zero-order valence-corrected chi connectivity index (χ0v) is 14.8. The molecular formula is C19H18N6O. The summed E-state index contributed by atoms with van der Waals surface area (Å²) in [6, 6.07) is 9.36. The van der Waals surface area contributed by atoms with Crippen LogP contribution in [0, 0.1) is 13.8 Å². The topological polar surface area (TPSA) is 85.1 Å². The number of hydrogen-bond donors (Lipinski definition) is 1. The minimum Gasteiger partial charge on any atom is -0.352 e. The van der Waals surface area contributed by atoms with E-state index >= 15 is 0 Å². The van der Waals surface area contributed by atoms with E-state index in [4.69, 9.17) is 0 Å². The second-order valence-electron chi connectivity index (χ2n) is 6.13. The van der Waals surface area contributed by atoms with E-state index in [9.17, 15) is 4.79 Å². The van der Waals surface area contributed by atoms with E-state index in [1.807, 2.05) is 49.4 Å². The van der Waals surface area contributed by atoms with Crippen molar-refractivity contribution < 1.29 is 4.79 Å². The Morgan fingerprint density at radius 3 is 2.73 bits per heavy atom. The van der Waals surface area contributed by atoms with Gasteiger partial charge in [0, 0.05) is 29.6 Å². The summed E-state index contributed by atoms with van der Waals surface area (Å²) in [6.45, 7) is 6.31. The van der Waals surface area contributed by atoms with Gasteiger partial charge in [0.15, 0.2) is 11.5 Å². The minimum absolute atomic E-state index is 0.116. The molecule has 0 fully saturated rings. The van der Waals surface area contributed by atoms with Gasteiger partial charge in [-0.1, -0.05) is 0 Å². The molecular weight excluding hydrogens is 328 g/mol. The molecule has 0 aliphatic rings. The fraction of sp³-hybridized carbons (Fsp3) is 0.211. The first kappa shape index (κ1) is 16.1. The molecule has 3 aromatic heterocycles. The largest absolute Gasteiger partial charge is 0.352 e. The fourth-order valence-corrected chi connectivity index (χ4v) is 2.97. The lowest BCUT2D eigenvalue weighted by atomic mass is 10.1. The number of amides is 1. The van der Waals surface area contributed by atoms with Crippen LogP contribution in [0.2, 0.25) is 0 Å². The third kappa shape index (κ3) is 2.57. The number of carbonyl (C=O) groups excluding carboxylic acids is 1. The highest BCUT2D eigenvalue weighted by Crippen LogP contribution is 2.25. The summed E-state index contributed by atoms with van der Waals surface area (Å²) in [5.41, 5.74) is 5.39. The summed E-state index contributed by atoms with van der Waals surface area (Å²) in [4.78, 5) is 21.2. The van der Waals surface area contributed by atoms with Crippen LogP contribution in [0.1, 0.15) is 28.7 Å². The summed E-state index contributed by atoms with van der Waals surface area (Å²) in [6.07, 6.45) is 1.78. The van der Waals surface area contributed by atoms with Gasteiger partial charge in [0.25, 0.3) is 5.91 Å². The second-order valence-corrected chi connectivity index (χ2v) is 6.13. The van der Waals surface area contributed by atoms with Gasteiger partial charge in [-0.2, -0.15) is 0 Å². The molecule has 1 aromatic carbocycles. The molecule has 0 aliphatic heterocycles. The molecule has 130 valence electrons. The van der Waals surface area contributed by atoms with E-state index < -0.39 is 0 Å². The van der Waals surface area contributed by atoms with Crippen LogP contribution in [0.15, 0.2) is 36.5 Å². The Morgan fingerprint density at radius 2 is 2.00 bits per heavy atom. The van der Waals surface area contributed by atoms with Crippen molar-refractivity contribution >= 4 is 22.6 Å². The van der Waals surface area contributed by atoms with Crippen LogP contribution < -0.4 is 5.32 Å². The third-order valence-corrected chi connectivity index (χ3v) is 4.26.